The van der Waals surface area contributed by atoms with Crippen LogP contribution in [-0.2, 0) is 14.8 Å². The van der Waals surface area contributed by atoms with Gasteiger partial charge in [-0.3, -0.25) is 4.79 Å². The van der Waals surface area contributed by atoms with Crippen molar-refractivity contribution in [2.45, 2.75) is 37.1 Å². The summed E-state index contributed by atoms with van der Waals surface area (Å²) in [7, 11) is -3.84. The van der Waals surface area contributed by atoms with Crippen LogP contribution in [0, 0.1) is 0 Å². The number of carboxylic acid groups (broad SMARTS) is 1. The van der Waals surface area contributed by atoms with Crippen molar-refractivity contribution in [1.29, 1.82) is 0 Å². The normalized spacial score (nSPS) is 13.4. The Morgan fingerprint density at radius 2 is 2.10 bits per heavy atom. The first-order chi connectivity index (χ1) is 9.95. The number of nitrogens with one attached hydrogen (secondary N) is 1. The van der Waals surface area contributed by atoms with E-state index in [0.29, 0.717) is 11.8 Å². The van der Waals surface area contributed by atoms with Gasteiger partial charge in [0, 0.05) is 15.5 Å². The fourth-order valence-electron chi connectivity index (χ4n) is 2.05. The molecule has 1 aromatic carbocycles. The van der Waals surface area contributed by atoms with Crippen LogP contribution >= 0.6 is 11.3 Å². The number of carbonyl (C=O) groups is 1. The Hall–Kier alpha value is -1.44. The van der Waals surface area contributed by atoms with Crippen molar-refractivity contribution in [3.8, 4) is 0 Å². The van der Waals surface area contributed by atoms with Crippen LogP contribution in [0.5, 0.6) is 0 Å². The number of thiophene rings is 1. The van der Waals surface area contributed by atoms with Crippen molar-refractivity contribution in [2.75, 3.05) is 0 Å². The Morgan fingerprint density at radius 3 is 2.76 bits per heavy atom. The largest absolute Gasteiger partial charge is 0.480 e. The summed E-state index contributed by atoms with van der Waals surface area (Å²) in [5.74, 6) is -1.15. The number of benzene rings is 1. The summed E-state index contributed by atoms with van der Waals surface area (Å²) in [6.45, 7) is 1.93. The van der Waals surface area contributed by atoms with E-state index >= 15 is 0 Å². The lowest BCUT2D eigenvalue weighted by molar-refractivity contribution is -0.139. The van der Waals surface area contributed by atoms with E-state index in [4.69, 9.17) is 5.11 Å². The van der Waals surface area contributed by atoms with Crippen LogP contribution in [0.4, 0.5) is 0 Å². The third kappa shape index (κ3) is 3.61. The first kappa shape index (κ1) is 15.9. The predicted molar refractivity (Wildman–Crippen MR) is 83.1 cm³/mol. The SMILES string of the molecule is CCCCC(NS(=O)(=O)c1csc2ccccc12)C(=O)O. The number of aliphatic carboxylic acids is 1. The van der Waals surface area contributed by atoms with Crippen LogP contribution in [0.2, 0.25) is 0 Å². The molecule has 0 saturated heterocycles. The highest BCUT2D eigenvalue weighted by molar-refractivity contribution is 7.90. The summed E-state index contributed by atoms with van der Waals surface area (Å²) < 4.78 is 28.0. The number of unbranched alkanes of at least 4 members (excludes halogenated alkanes) is 1. The van der Waals surface area contributed by atoms with Crippen molar-refractivity contribution in [2.24, 2.45) is 0 Å². The highest BCUT2D eigenvalue weighted by atomic mass is 32.2. The van der Waals surface area contributed by atoms with Gasteiger partial charge in [-0.2, -0.15) is 4.72 Å². The summed E-state index contributed by atoms with van der Waals surface area (Å²) in [6.07, 6.45) is 1.75. The van der Waals surface area contributed by atoms with Crippen molar-refractivity contribution in [3.63, 3.8) is 0 Å². The van der Waals surface area contributed by atoms with Gasteiger partial charge in [0.05, 0.1) is 0 Å². The maximum Gasteiger partial charge on any atom is 0.321 e. The van der Waals surface area contributed by atoms with Gasteiger partial charge in [0.2, 0.25) is 10.0 Å². The molecule has 2 N–H and O–H groups in total. The summed E-state index contributed by atoms with van der Waals surface area (Å²) in [5, 5.41) is 11.3. The molecule has 21 heavy (non-hydrogen) atoms. The molecule has 5 nitrogen and oxygen atoms in total. The molecule has 0 aliphatic heterocycles. The first-order valence-electron chi connectivity index (χ1n) is 6.67. The van der Waals surface area contributed by atoms with E-state index in [1.807, 2.05) is 19.1 Å². The van der Waals surface area contributed by atoms with E-state index in [-0.39, 0.29) is 11.3 Å². The molecule has 0 spiro atoms. The molecular weight excluding hydrogens is 310 g/mol. The van der Waals surface area contributed by atoms with Gasteiger partial charge in [0.1, 0.15) is 10.9 Å². The van der Waals surface area contributed by atoms with E-state index in [1.165, 1.54) is 11.3 Å². The summed E-state index contributed by atoms with van der Waals surface area (Å²) in [6, 6.07) is 6.07. The van der Waals surface area contributed by atoms with Gasteiger partial charge in [0.15, 0.2) is 0 Å². The monoisotopic (exact) mass is 327 g/mol. The highest BCUT2D eigenvalue weighted by Crippen LogP contribution is 2.29. The quantitative estimate of drug-likeness (QED) is 0.819. The molecule has 1 heterocycles. The average molecular weight is 327 g/mol. The zero-order valence-electron chi connectivity index (χ0n) is 11.6. The van der Waals surface area contributed by atoms with E-state index in [2.05, 4.69) is 4.72 Å². The third-order valence-corrected chi connectivity index (χ3v) is 5.80. The minimum Gasteiger partial charge on any atom is -0.480 e. The van der Waals surface area contributed by atoms with E-state index < -0.39 is 22.0 Å². The molecule has 0 bridgehead atoms. The van der Waals surface area contributed by atoms with Crippen LogP contribution in [0.25, 0.3) is 10.1 Å². The van der Waals surface area contributed by atoms with Crippen molar-refractivity contribution < 1.29 is 18.3 Å². The molecule has 114 valence electrons. The van der Waals surface area contributed by atoms with Crippen molar-refractivity contribution in [3.05, 3.63) is 29.6 Å². The van der Waals surface area contributed by atoms with E-state index in [9.17, 15) is 13.2 Å². The van der Waals surface area contributed by atoms with E-state index in [0.717, 1.165) is 11.1 Å². The van der Waals surface area contributed by atoms with Gasteiger partial charge in [0.25, 0.3) is 0 Å². The van der Waals surface area contributed by atoms with Gasteiger partial charge in [-0.05, 0) is 12.5 Å². The van der Waals surface area contributed by atoms with Crippen LogP contribution in [0.3, 0.4) is 0 Å². The number of sulfonamides is 1. The summed E-state index contributed by atoms with van der Waals surface area (Å²) in [4.78, 5) is 11.3. The van der Waals surface area contributed by atoms with Crippen LogP contribution in [-0.4, -0.2) is 25.5 Å². The Labute approximate surface area is 127 Å². The number of rotatable bonds is 7. The minimum atomic E-state index is -3.84. The molecule has 0 aliphatic rings. The highest BCUT2D eigenvalue weighted by Gasteiger charge is 2.26. The summed E-state index contributed by atoms with van der Waals surface area (Å²) in [5.41, 5.74) is 0. The Kier molecular flexibility index (Phi) is 4.97. The molecule has 1 aromatic heterocycles. The zero-order valence-corrected chi connectivity index (χ0v) is 13.2. The number of fused-ring (bicyclic) bond motifs is 1. The lowest BCUT2D eigenvalue weighted by Gasteiger charge is -2.14. The van der Waals surface area contributed by atoms with Gasteiger partial charge < -0.3 is 5.11 Å². The Bertz CT molecular complexity index is 736. The molecule has 0 radical (unpaired) electrons. The number of carboxylic acids is 1. The van der Waals surface area contributed by atoms with Crippen molar-refractivity contribution in [1.82, 2.24) is 4.72 Å². The molecule has 0 amide bonds. The molecule has 0 fully saturated rings. The van der Waals surface area contributed by atoms with Crippen LogP contribution < -0.4 is 4.72 Å². The first-order valence-corrected chi connectivity index (χ1v) is 9.03. The standard InChI is InChI=1S/C14H17NO4S2/c1-2-3-7-11(14(16)17)15-21(18,19)13-9-20-12-8-5-4-6-10(12)13/h4-6,8-9,11,15H,2-3,7H2,1H3,(H,16,17). The molecule has 2 aromatic rings. The smallest absolute Gasteiger partial charge is 0.321 e. The zero-order chi connectivity index (χ0) is 15.5. The van der Waals surface area contributed by atoms with Crippen LogP contribution in [0.1, 0.15) is 26.2 Å². The molecule has 0 aliphatic carbocycles. The molecule has 1 unspecified atom stereocenters. The second-order valence-corrected chi connectivity index (χ2v) is 7.34. The maximum atomic E-state index is 12.4. The Morgan fingerprint density at radius 1 is 1.38 bits per heavy atom. The second kappa shape index (κ2) is 6.55. The summed E-state index contributed by atoms with van der Waals surface area (Å²) >= 11 is 1.33. The molecule has 1 atom stereocenters. The molecule has 2 rings (SSSR count). The number of hydrogen-bond donors (Lipinski definition) is 2. The van der Waals surface area contributed by atoms with E-state index in [1.54, 1.807) is 17.5 Å². The maximum absolute atomic E-state index is 12.4. The average Bonchev–Trinajstić information content (AvgIpc) is 2.87. The molecule has 0 saturated carbocycles. The lowest BCUT2D eigenvalue weighted by atomic mass is 10.1. The predicted octanol–water partition coefficient (Wildman–Crippen LogP) is 2.82. The molecular formula is C14H17NO4S2. The lowest BCUT2D eigenvalue weighted by Crippen LogP contribution is -2.40. The molecule has 7 heteroatoms. The topological polar surface area (TPSA) is 83.5 Å². The fourth-order valence-corrected chi connectivity index (χ4v) is 4.78. The van der Waals surface area contributed by atoms with Gasteiger partial charge >= 0.3 is 5.97 Å². The second-order valence-electron chi connectivity index (χ2n) is 4.75. The van der Waals surface area contributed by atoms with Crippen molar-refractivity contribution >= 4 is 37.4 Å². The Balaban J connectivity index is 2.30. The number of hydrogen-bond acceptors (Lipinski definition) is 4. The van der Waals surface area contributed by atoms with Gasteiger partial charge in [-0.25, -0.2) is 8.42 Å². The van der Waals surface area contributed by atoms with Gasteiger partial charge in [-0.1, -0.05) is 38.0 Å². The van der Waals surface area contributed by atoms with Crippen LogP contribution in [0.15, 0.2) is 34.5 Å². The minimum absolute atomic E-state index is 0.144. The van der Waals surface area contributed by atoms with Gasteiger partial charge in [-0.15, -0.1) is 11.3 Å². The third-order valence-electron chi connectivity index (χ3n) is 3.18. The fraction of sp³-hybridized carbons (Fsp3) is 0.357.